The van der Waals surface area contributed by atoms with Crippen molar-refractivity contribution in [2.24, 2.45) is 0 Å². The van der Waals surface area contributed by atoms with Crippen molar-refractivity contribution in [3.63, 3.8) is 0 Å². The molecule has 0 saturated carbocycles. The first-order valence-corrected chi connectivity index (χ1v) is 24.9. The second-order valence-corrected chi connectivity index (χ2v) is 18.4. The lowest BCUT2D eigenvalue weighted by atomic mass is 10.1. The Morgan fingerprint density at radius 2 is 0.760 bits per heavy atom. The minimum atomic E-state index is -5.00. The summed E-state index contributed by atoms with van der Waals surface area (Å²) in [6.45, 7) is 9.20. The molecule has 1 aromatic carbocycles. The van der Waals surface area contributed by atoms with E-state index in [1.165, 1.54) is 154 Å². The van der Waals surface area contributed by atoms with Gasteiger partial charge in [0.1, 0.15) is 4.90 Å². The van der Waals surface area contributed by atoms with Crippen molar-refractivity contribution in [1.82, 2.24) is 0 Å². The lowest BCUT2D eigenvalue weighted by Gasteiger charge is -2.13. The molecule has 50 heavy (non-hydrogen) atoms. The number of carbonyl (C=O) groups is 2. The lowest BCUT2D eigenvalue weighted by Crippen LogP contribution is -2.29. The molecule has 1 aromatic rings. The highest BCUT2D eigenvalue weighted by Crippen LogP contribution is 2.20. The van der Waals surface area contributed by atoms with Gasteiger partial charge in [-0.2, -0.15) is 8.42 Å². The number of carboxylic acid groups (broad SMARTS) is 2. The van der Waals surface area contributed by atoms with Crippen molar-refractivity contribution in [3.05, 3.63) is 29.3 Å². The van der Waals surface area contributed by atoms with Gasteiger partial charge in [0.05, 0.1) is 36.6 Å². The molecule has 0 saturated heterocycles. The van der Waals surface area contributed by atoms with Crippen LogP contribution in [0.1, 0.15) is 203 Å². The first kappa shape index (κ1) is 51.0. The fraction of sp³-hybridized carbons (Fsp3) is 0.800. The Labute approximate surface area is 311 Å². The van der Waals surface area contributed by atoms with Crippen molar-refractivity contribution in [1.29, 1.82) is 0 Å². The zero-order valence-electron chi connectivity index (χ0n) is 32.5. The molecule has 0 fully saturated rings. The van der Waals surface area contributed by atoms with Crippen molar-refractivity contribution in [2.75, 3.05) is 24.6 Å². The monoisotopic (exact) mass is 762 g/mol. The Hall–Kier alpha value is -1.07. The molecule has 2 unspecified atom stereocenters. The molecule has 0 aliphatic rings. The summed E-state index contributed by atoms with van der Waals surface area (Å²) in [6.07, 6.45) is 41.5. The van der Waals surface area contributed by atoms with E-state index in [2.05, 4.69) is 27.7 Å². The summed E-state index contributed by atoms with van der Waals surface area (Å²) in [4.78, 5) is 19.8. The fourth-order valence-corrected chi connectivity index (χ4v) is 9.66. The van der Waals surface area contributed by atoms with Crippen LogP contribution in [0.3, 0.4) is 0 Å². The van der Waals surface area contributed by atoms with Crippen LogP contribution in [0.5, 0.6) is 0 Å². The Kier molecular flexibility index (Phi) is 38.5. The molecule has 0 aliphatic heterocycles. The van der Waals surface area contributed by atoms with E-state index < -0.39 is 38.1 Å². The van der Waals surface area contributed by atoms with E-state index in [4.69, 9.17) is 4.55 Å². The highest BCUT2D eigenvalue weighted by Gasteiger charge is 2.21. The molecule has 10 heteroatoms. The quantitative estimate of drug-likeness (QED) is 0.0452. The SMILES string of the molecule is CCCCCCCCCCCC[PH2+]CCCC.CCCCCCCCCCCC[PH2+]CCCC.O=C([O-])c1cccc(C(=O)[O-])c1S(=O)(=O)O. The molecule has 0 spiro atoms. The van der Waals surface area contributed by atoms with E-state index >= 15 is 0 Å². The standard InChI is InChI=1S/2C16H35P.C8H6O7S/c2*1-3-5-7-8-9-10-11-12-13-14-16-17-15-6-4-2;9-7(10)4-2-1-3-5(8(11)12)6(4)16(13,14)15/h2*17H,3-16H2,1-2H3;1-3H,(H,9,10)(H,11,12)(H,13,14,15). The molecule has 0 aliphatic carbocycles. The van der Waals surface area contributed by atoms with Crippen molar-refractivity contribution in [2.45, 2.75) is 187 Å². The van der Waals surface area contributed by atoms with Gasteiger partial charge in [0, 0.05) is 11.1 Å². The number of hydrogen-bond acceptors (Lipinski definition) is 6. The Morgan fingerprint density at radius 3 is 1.02 bits per heavy atom. The van der Waals surface area contributed by atoms with Crippen molar-refractivity contribution < 1.29 is 32.8 Å². The maximum atomic E-state index is 10.9. The van der Waals surface area contributed by atoms with Crippen LogP contribution in [0.2, 0.25) is 0 Å². The third kappa shape index (κ3) is 32.8. The first-order chi connectivity index (χ1) is 24.1. The second-order valence-electron chi connectivity index (χ2n) is 13.5. The van der Waals surface area contributed by atoms with Crippen LogP contribution in [0, 0.1) is 0 Å². The van der Waals surface area contributed by atoms with Crippen molar-refractivity contribution in [3.8, 4) is 0 Å². The third-order valence-electron chi connectivity index (χ3n) is 8.76. The highest BCUT2D eigenvalue weighted by molar-refractivity contribution is 7.86. The number of aromatic carboxylic acids is 2. The van der Waals surface area contributed by atoms with E-state index in [-0.39, 0.29) is 0 Å². The predicted molar refractivity (Wildman–Crippen MR) is 217 cm³/mol. The average Bonchev–Trinajstić information content (AvgIpc) is 3.08. The molecule has 7 nitrogen and oxygen atoms in total. The zero-order chi connectivity index (χ0) is 37.7. The summed E-state index contributed by atoms with van der Waals surface area (Å²) in [5.41, 5.74) is -1.88. The molecular formula is C40H76O7P2S. The first-order valence-electron chi connectivity index (χ1n) is 20.2. The molecule has 2 atom stereocenters. The van der Waals surface area contributed by atoms with Gasteiger partial charge in [-0.15, -0.1) is 0 Å². The topological polar surface area (TPSA) is 135 Å². The zero-order valence-corrected chi connectivity index (χ0v) is 35.6. The molecule has 0 heterocycles. The molecule has 294 valence electrons. The summed E-state index contributed by atoms with van der Waals surface area (Å²) in [6, 6.07) is 2.58. The smallest absolute Gasteiger partial charge is 0.295 e. The number of rotatable bonds is 31. The van der Waals surface area contributed by atoms with Gasteiger partial charge in [-0.25, -0.2) is 0 Å². The van der Waals surface area contributed by atoms with Crippen LogP contribution in [0.25, 0.3) is 0 Å². The highest BCUT2D eigenvalue weighted by atomic mass is 32.2. The van der Waals surface area contributed by atoms with E-state index in [9.17, 15) is 28.2 Å². The number of carboxylic acids is 2. The minimum absolute atomic E-state index is 0.797. The normalized spacial score (nSPS) is 11.5. The van der Waals surface area contributed by atoms with E-state index in [1.807, 2.05) is 0 Å². The van der Waals surface area contributed by atoms with Gasteiger partial charge in [-0.3, -0.25) is 4.55 Å². The van der Waals surface area contributed by atoms with Crippen LogP contribution in [0.4, 0.5) is 0 Å². The number of unbranched alkanes of at least 4 members (excludes halogenated alkanes) is 20. The van der Waals surface area contributed by atoms with Gasteiger partial charge in [0.25, 0.3) is 10.1 Å². The number of hydrogen-bond donors (Lipinski definition) is 1. The largest absolute Gasteiger partial charge is 0.545 e. The average molecular weight is 763 g/mol. The van der Waals surface area contributed by atoms with Gasteiger partial charge in [-0.1, -0.05) is 161 Å². The van der Waals surface area contributed by atoms with Crippen LogP contribution < -0.4 is 10.2 Å². The van der Waals surface area contributed by atoms with Crippen LogP contribution in [0.15, 0.2) is 23.1 Å². The Bertz CT molecular complexity index is 944. The maximum absolute atomic E-state index is 10.9. The van der Waals surface area contributed by atoms with Crippen molar-refractivity contribution >= 4 is 39.2 Å². The molecule has 0 amide bonds. The fourth-order valence-electron chi connectivity index (χ4n) is 5.67. The van der Waals surface area contributed by atoms with Gasteiger partial charge in [-0.05, 0) is 55.7 Å². The summed E-state index contributed by atoms with van der Waals surface area (Å²) in [5.74, 6) is -3.84. The number of benzene rings is 1. The van der Waals surface area contributed by atoms with E-state index in [0.29, 0.717) is 0 Å². The van der Waals surface area contributed by atoms with Crippen LogP contribution in [-0.4, -0.2) is 49.6 Å². The van der Waals surface area contributed by atoms with Gasteiger partial charge in [0.15, 0.2) is 0 Å². The Morgan fingerprint density at radius 1 is 0.500 bits per heavy atom. The third-order valence-corrected chi connectivity index (χ3v) is 13.0. The maximum Gasteiger partial charge on any atom is 0.295 e. The van der Waals surface area contributed by atoms with Gasteiger partial charge < -0.3 is 19.8 Å². The lowest BCUT2D eigenvalue weighted by molar-refractivity contribution is -0.255. The van der Waals surface area contributed by atoms with E-state index in [1.54, 1.807) is 24.6 Å². The van der Waals surface area contributed by atoms with E-state index in [0.717, 1.165) is 35.4 Å². The molecule has 0 aromatic heterocycles. The predicted octanol–water partition coefficient (Wildman–Crippen LogP) is 9.90. The minimum Gasteiger partial charge on any atom is -0.545 e. The molecule has 1 rings (SSSR count). The molecule has 1 N–H and O–H groups in total. The Balaban J connectivity index is 0. The molecule has 0 bridgehead atoms. The summed E-state index contributed by atoms with van der Waals surface area (Å²) in [7, 11) is -3.40. The van der Waals surface area contributed by atoms with Gasteiger partial charge >= 0.3 is 0 Å². The second kappa shape index (κ2) is 37.7. The summed E-state index contributed by atoms with van der Waals surface area (Å²) >= 11 is 0. The molecular weight excluding hydrogens is 686 g/mol. The van der Waals surface area contributed by atoms with Gasteiger partial charge in [0.2, 0.25) is 0 Å². The molecule has 0 radical (unpaired) electrons. The summed E-state index contributed by atoms with van der Waals surface area (Å²) < 4.78 is 30.5. The number of carbonyl (C=O) groups excluding carboxylic acids is 2. The summed E-state index contributed by atoms with van der Waals surface area (Å²) in [5, 5.41) is 21.1. The van der Waals surface area contributed by atoms with Crippen LogP contribution >= 0.6 is 17.2 Å². The van der Waals surface area contributed by atoms with Crippen LogP contribution in [-0.2, 0) is 10.1 Å².